The summed E-state index contributed by atoms with van der Waals surface area (Å²) in [6.07, 6.45) is 8.57. The van der Waals surface area contributed by atoms with E-state index >= 15 is 0 Å². The van der Waals surface area contributed by atoms with Crippen molar-refractivity contribution < 1.29 is 0 Å². The van der Waals surface area contributed by atoms with Crippen LogP contribution in [0.15, 0.2) is 29.4 Å². The maximum atomic E-state index is 5.39. The number of rotatable bonds is 6. The lowest BCUT2D eigenvalue weighted by Crippen LogP contribution is -1.98. The molecule has 0 amide bonds. The molecule has 0 atom stereocenters. The maximum absolute atomic E-state index is 5.39. The average molecular weight is 166 g/mol. The first-order valence-corrected chi connectivity index (χ1v) is 4.38. The lowest BCUT2D eigenvalue weighted by atomic mass is 10.2. The van der Waals surface area contributed by atoms with Crippen LogP contribution >= 0.6 is 0 Å². The molecule has 68 valence electrons. The van der Waals surface area contributed by atoms with Crippen LogP contribution in [0.3, 0.4) is 0 Å². The van der Waals surface area contributed by atoms with Gasteiger partial charge in [0.2, 0.25) is 0 Å². The smallest absolute Gasteiger partial charge is 0.0296 e. The lowest BCUT2D eigenvalue weighted by Gasteiger charge is -1.94. The summed E-state index contributed by atoms with van der Waals surface area (Å²) in [5.74, 6) is 0. The van der Waals surface area contributed by atoms with E-state index in [1.54, 1.807) is 6.08 Å². The zero-order valence-corrected chi connectivity index (χ0v) is 7.79. The van der Waals surface area contributed by atoms with E-state index in [-0.39, 0.29) is 0 Å². The van der Waals surface area contributed by atoms with Crippen LogP contribution in [0.25, 0.3) is 0 Å². The summed E-state index contributed by atoms with van der Waals surface area (Å²) in [6, 6.07) is 0. The minimum atomic E-state index is 0.654. The molecule has 0 spiro atoms. The van der Waals surface area contributed by atoms with E-state index in [0.29, 0.717) is 6.54 Å². The number of nitrogens with zero attached hydrogens (tertiary/aromatic N) is 1. The van der Waals surface area contributed by atoms with Gasteiger partial charge >= 0.3 is 0 Å². The molecule has 0 saturated carbocycles. The molecule has 0 unspecified atom stereocenters. The van der Waals surface area contributed by atoms with Crippen molar-refractivity contribution in [3.63, 3.8) is 0 Å². The first-order valence-electron chi connectivity index (χ1n) is 4.38. The highest BCUT2D eigenvalue weighted by Crippen LogP contribution is 2.00. The fourth-order valence-corrected chi connectivity index (χ4v) is 0.738. The number of hydrogen-bond acceptors (Lipinski definition) is 2. The SMILES string of the molecule is C=C/C(=C\N=C/CCC)CCN. The highest BCUT2D eigenvalue weighted by atomic mass is 14.7. The largest absolute Gasteiger partial charge is 0.330 e. The van der Waals surface area contributed by atoms with E-state index in [1.807, 2.05) is 12.4 Å². The van der Waals surface area contributed by atoms with Gasteiger partial charge in [0.1, 0.15) is 0 Å². The van der Waals surface area contributed by atoms with Crippen molar-refractivity contribution in [2.75, 3.05) is 6.54 Å². The third kappa shape index (κ3) is 5.86. The van der Waals surface area contributed by atoms with Crippen molar-refractivity contribution in [1.29, 1.82) is 0 Å². The second-order valence-electron chi connectivity index (χ2n) is 2.57. The Bertz CT molecular complexity index is 169. The predicted octanol–water partition coefficient (Wildman–Crippen LogP) is 2.28. The number of aliphatic imine (C=N–C) groups is 1. The summed E-state index contributed by atoms with van der Waals surface area (Å²) in [4.78, 5) is 4.14. The van der Waals surface area contributed by atoms with Crippen molar-refractivity contribution in [3.05, 3.63) is 24.4 Å². The summed E-state index contributed by atoms with van der Waals surface area (Å²) >= 11 is 0. The van der Waals surface area contributed by atoms with E-state index in [9.17, 15) is 0 Å². The molecule has 2 heteroatoms. The van der Waals surface area contributed by atoms with Crippen molar-refractivity contribution >= 4 is 6.21 Å². The third-order valence-corrected chi connectivity index (χ3v) is 1.46. The van der Waals surface area contributed by atoms with Gasteiger partial charge in [0, 0.05) is 12.4 Å². The summed E-state index contributed by atoms with van der Waals surface area (Å²) in [6.45, 7) is 6.46. The Labute approximate surface area is 74.9 Å². The predicted molar refractivity (Wildman–Crippen MR) is 55.4 cm³/mol. The molecule has 0 aromatic rings. The van der Waals surface area contributed by atoms with Gasteiger partial charge in [-0.2, -0.15) is 0 Å². The van der Waals surface area contributed by atoms with Gasteiger partial charge in [-0.05, 0) is 25.0 Å². The molecule has 0 aromatic heterocycles. The Balaban J connectivity index is 3.83. The van der Waals surface area contributed by atoms with Gasteiger partial charge in [-0.1, -0.05) is 26.0 Å². The quantitative estimate of drug-likeness (QED) is 0.477. The minimum absolute atomic E-state index is 0.654. The highest BCUT2D eigenvalue weighted by molar-refractivity contribution is 5.58. The van der Waals surface area contributed by atoms with Gasteiger partial charge in [-0.15, -0.1) is 0 Å². The average Bonchev–Trinajstić information content (AvgIpc) is 2.10. The molecule has 0 radical (unpaired) electrons. The monoisotopic (exact) mass is 166 g/mol. The molecule has 0 saturated heterocycles. The molecule has 0 aliphatic rings. The van der Waals surface area contributed by atoms with Crippen molar-refractivity contribution in [1.82, 2.24) is 0 Å². The molecule has 0 heterocycles. The zero-order chi connectivity index (χ0) is 9.23. The molecular weight excluding hydrogens is 148 g/mol. The summed E-state index contributed by atoms with van der Waals surface area (Å²) in [5, 5.41) is 0. The number of hydrogen-bond donors (Lipinski definition) is 1. The van der Waals surface area contributed by atoms with E-state index in [1.165, 1.54) is 0 Å². The van der Waals surface area contributed by atoms with Gasteiger partial charge in [0.25, 0.3) is 0 Å². The number of nitrogens with two attached hydrogens (primary N) is 1. The molecule has 0 aliphatic carbocycles. The Morgan fingerprint density at radius 2 is 2.33 bits per heavy atom. The van der Waals surface area contributed by atoms with E-state index in [4.69, 9.17) is 5.73 Å². The maximum Gasteiger partial charge on any atom is 0.0296 e. The van der Waals surface area contributed by atoms with E-state index in [0.717, 1.165) is 24.8 Å². The van der Waals surface area contributed by atoms with E-state index < -0.39 is 0 Å². The van der Waals surface area contributed by atoms with Gasteiger partial charge in [0.15, 0.2) is 0 Å². The first-order chi connectivity index (χ1) is 5.85. The number of allylic oxidation sites excluding steroid dienone is 1. The van der Waals surface area contributed by atoms with Crippen molar-refractivity contribution in [2.45, 2.75) is 26.2 Å². The van der Waals surface area contributed by atoms with E-state index in [2.05, 4.69) is 18.5 Å². The third-order valence-electron chi connectivity index (χ3n) is 1.46. The summed E-state index contributed by atoms with van der Waals surface area (Å²) in [5.41, 5.74) is 6.50. The van der Waals surface area contributed by atoms with Gasteiger partial charge < -0.3 is 5.73 Å². The minimum Gasteiger partial charge on any atom is -0.330 e. The van der Waals surface area contributed by atoms with Crippen LogP contribution in [0, 0.1) is 0 Å². The topological polar surface area (TPSA) is 38.4 Å². The van der Waals surface area contributed by atoms with Gasteiger partial charge in [-0.25, -0.2) is 0 Å². The summed E-state index contributed by atoms with van der Waals surface area (Å²) < 4.78 is 0. The Kier molecular flexibility index (Phi) is 7.60. The van der Waals surface area contributed by atoms with Crippen LogP contribution in [0.4, 0.5) is 0 Å². The molecule has 0 aromatic carbocycles. The molecule has 2 N–H and O–H groups in total. The highest BCUT2D eigenvalue weighted by Gasteiger charge is 1.86. The molecule has 0 rings (SSSR count). The van der Waals surface area contributed by atoms with Crippen LogP contribution in [0.1, 0.15) is 26.2 Å². The van der Waals surface area contributed by atoms with Crippen LogP contribution in [0.2, 0.25) is 0 Å². The second kappa shape index (κ2) is 8.21. The fraction of sp³-hybridized carbons (Fsp3) is 0.500. The van der Waals surface area contributed by atoms with Gasteiger partial charge in [-0.3, -0.25) is 4.99 Å². The second-order valence-corrected chi connectivity index (χ2v) is 2.57. The van der Waals surface area contributed by atoms with Crippen LogP contribution in [0.5, 0.6) is 0 Å². The molecular formula is C10H18N2. The zero-order valence-electron chi connectivity index (χ0n) is 7.79. The summed E-state index contributed by atoms with van der Waals surface area (Å²) in [7, 11) is 0. The molecule has 12 heavy (non-hydrogen) atoms. The van der Waals surface area contributed by atoms with Crippen molar-refractivity contribution in [3.8, 4) is 0 Å². The lowest BCUT2D eigenvalue weighted by molar-refractivity contribution is 0.968. The first kappa shape index (κ1) is 11.1. The Hall–Kier alpha value is -0.890. The number of unbranched alkanes of at least 4 members (excludes halogenated alkanes) is 1. The molecule has 2 nitrogen and oxygen atoms in total. The molecule has 0 aliphatic heterocycles. The van der Waals surface area contributed by atoms with Crippen LogP contribution < -0.4 is 5.73 Å². The van der Waals surface area contributed by atoms with Gasteiger partial charge in [0.05, 0.1) is 0 Å². The fourth-order valence-electron chi connectivity index (χ4n) is 0.738. The van der Waals surface area contributed by atoms with Crippen molar-refractivity contribution in [2.24, 2.45) is 10.7 Å². The molecule has 0 fully saturated rings. The Morgan fingerprint density at radius 1 is 1.58 bits per heavy atom. The molecule has 0 bridgehead atoms. The van der Waals surface area contributed by atoms with Crippen LogP contribution in [-0.4, -0.2) is 12.8 Å². The standard InChI is InChI=1S/C10H18N2/c1-3-5-8-12-9-10(4-2)6-7-11/h4,8-9H,2-3,5-7,11H2,1H3/b10-9+,12-8-. The van der Waals surface area contributed by atoms with Crippen LogP contribution in [-0.2, 0) is 0 Å². The Morgan fingerprint density at radius 3 is 2.83 bits per heavy atom. The normalized spacial score (nSPS) is 12.3.